The first kappa shape index (κ1) is 13.8. The van der Waals surface area contributed by atoms with Crippen molar-refractivity contribution in [1.29, 1.82) is 0 Å². The first-order chi connectivity index (χ1) is 7.99. The first-order valence-corrected chi connectivity index (χ1v) is 5.41. The maximum Gasteiger partial charge on any atom is 0.416 e. The molecule has 0 unspecified atom stereocenters. The summed E-state index contributed by atoms with van der Waals surface area (Å²) in [6.45, 7) is 0. The third-order valence-electron chi connectivity index (χ3n) is 2.11. The van der Waals surface area contributed by atoms with Crippen LogP contribution in [0.3, 0.4) is 0 Å². The van der Waals surface area contributed by atoms with Crippen LogP contribution >= 0.6 is 11.6 Å². The van der Waals surface area contributed by atoms with Crippen LogP contribution in [0.25, 0.3) is 6.08 Å². The molecule has 1 aromatic rings. The third kappa shape index (κ3) is 3.89. The lowest BCUT2D eigenvalue weighted by Gasteiger charge is -2.08. The van der Waals surface area contributed by atoms with E-state index in [2.05, 4.69) is 0 Å². The summed E-state index contributed by atoms with van der Waals surface area (Å²) in [5.74, 6) is 0.381. The summed E-state index contributed by atoms with van der Waals surface area (Å²) in [6.07, 6.45) is -0.232. The Labute approximate surface area is 102 Å². The van der Waals surface area contributed by atoms with Crippen molar-refractivity contribution in [2.24, 2.45) is 0 Å². The number of halogens is 4. The molecule has 5 heteroatoms. The van der Waals surface area contributed by atoms with E-state index in [-0.39, 0.29) is 11.1 Å². The SMILES string of the molecule is O=Cc1ccc(C(F)(F)F)cc1C=CCCCl. The lowest BCUT2D eigenvalue weighted by atomic mass is 10.0. The Balaban J connectivity index is 3.11. The molecule has 0 heterocycles. The topological polar surface area (TPSA) is 17.1 Å². The molecule has 0 saturated carbocycles. The van der Waals surface area contributed by atoms with E-state index in [1.807, 2.05) is 0 Å². The second-order valence-electron chi connectivity index (χ2n) is 3.34. The number of carbonyl (C=O) groups is 1. The highest BCUT2D eigenvalue weighted by atomic mass is 35.5. The van der Waals surface area contributed by atoms with Gasteiger partial charge in [0.25, 0.3) is 0 Å². The van der Waals surface area contributed by atoms with Gasteiger partial charge < -0.3 is 0 Å². The second kappa shape index (κ2) is 5.87. The van der Waals surface area contributed by atoms with Gasteiger partial charge in [-0.3, -0.25) is 4.79 Å². The monoisotopic (exact) mass is 262 g/mol. The number of carbonyl (C=O) groups excluding carboxylic acids is 1. The number of aldehydes is 1. The predicted molar refractivity (Wildman–Crippen MR) is 61.2 cm³/mol. The van der Waals surface area contributed by atoms with Crippen molar-refractivity contribution in [3.8, 4) is 0 Å². The van der Waals surface area contributed by atoms with E-state index in [0.29, 0.717) is 18.6 Å². The molecule has 0 N–H and O–H groups in total. The predicted octanol–water partition coefficient (Wildman–Crippen LogP) is 4.16. The summed E-state index contributed by atoms with van der Waals surface area (Å²) in [7, 11) is 0. The minimum Gasteiger partial charge on any atom is -0.298 e. The van der Waals surface area contributed by atoms with Gasteiger partial charge in [0.1, 0.15) is 0 Å². The summed E-state index contributed by atoms with van der Waals surface area (Å²) < 4.78 is 37.4. The summed E-state index contributed by atoms with van der Waals surface area (Å²) in [4.78, 5) is 10.7. The van der Waals surface area contributed by atoms with E-state index in [4.69, 9.17) is 11.6 Å². The highest BCUT2D eigenvalue weighted by Gasteiger charge is 2.30. The molecule has 1 nitrogen and oxygen atoms in total. The van der Waals surface area contributed by atoms with Crippen molar-refractivity contribution in [1.82, 2.24) is 0 Å². The molecule has 17 heavy (non-hydrogen) atoms. The van der Waals surface area contributed by atoms with Crippen molar-refractivity contribution >= 4 is 24.0 Å². The highest BCUT2D eigenvalue weighted by Crippen LogP contribution is 2.30. The Kier molecular flexibility index (Phi) is 4.75. The van der Waals surface area contributed by atoms with Crippen LogP contribution in [0, 0.1) is 0 Å². The van der Waals surface area contributed by atoms with Crippen LogP contribution in [-0.2, 0) is 6.18 Å². The van der Waals surface area contributed by atoms with E-state index in [1.165, 1.54) is 6.08 Å². The zero-order valence-electron chi connectivity index (χ0n) is 8.80. The molecular weight excluding hydrogens is 253 g/mol. The lowest BCUT2D eigenvalue weighted by molar-refractivity contribution is -0.137. The van der Waals surface area contributed by atoms with Crippen LogP contribution in [0.15, 0.2) is 24.3 Å². The molecular formula is C12H10ClF3O. The van der Waals surface area contributed by atoms with E-state index < -0.39 is 11.7 Å². The van der Waals surface area contributed by atoms with Crippen LogP contribution in [0.1, 0.15) is 27.9 Å². The normalized spacial score (nSPS) is 12.0. The van der Waals surface area contributed by atoms with Crippen LogP contribution < -0.4 is 0 Å². The van der Waals surface area contributed by atoms with E-state index >= 15 is 0 Å². The quantitative estimate of drug-likeness (QED) is 0.588. The second-order valence-corrected chi connectivity index (χ2v) is 3.72. The zero-order chi connectivity index (χ0) is 12.9. The summed E-state index contributed by atoms with van der Waals surface area (Å²) in [5.41, 5.74) is -0.294. The standard InChI is InChI=1S/C12H10ClF3O/c13-6-2-1-3-9-7-11(12(14,15)16)5-4-10(9)8-17/h1,3-5,7-8H,2,6H2. The van der Waals surface area contributed by atoms with Gasteiger partial charge in [-0.1, -0.05) is 18.2 Å². The van der Waals surface area contributed by atoms with Crippen LogP contribution in [0.5, 0.6) is 0 Å². The molecule has 0 amide bonds. The fraction of sp³-hybridized carbons (Fsp3) is 0.250. The average molecular weight is 263 g/mol. The van der Waals surface area contributed by atoms with Crippen molar-refractivity contribution in [3.63, 3.8) is 0 Å². The zero-order valence-corrected chi connectivity index (χ0v) is 9.55. The maximum absolute atomic E-state index is 12.5. The summed E-state index contributed by atoms with van der Waals surface area (Å²) >= 11 is 5.44. The largest absolute Gasteiger partial charge is 0.416 e. The molecule has 0 spiro atoms. The molecule has 1 rings (SSSR count). The summed E-state index contributed by atoms with van der Waals surface area (Å²) in [5, 5.41) is 0. The smallest absolute Gasteiger partial charge is 0.298 e. The number of allylic oxidation sites excluding steroid dienone is 1. The molecule has 0 atom stereocenters. The highest BCUT2D eigenvalue weighted by molar-refractivity contribution is 6.17. The molecule has 0 bridgehead atoms. The van der Waals surface area contributed by atoms with Gasteiger partial charge in [0.05, 0.1) is 5.56 Å². The van der Waals surface area contributed by atoms with Gasteiger partial charge in [-0.25, -0.2) is 0 Å². The van der Waals surface area contributed by atoms with E-state index in [1.54, 1.807) is 6.08 Å². The Morgan fingerprint density at radius 1 is 1.24 bits per heavy atom. The van der Waals surface area contributed by atoms with Gasteiger partial charge in [0.15, 0.2) is 6.29 Å². The summed E-state index contributed by atoms with van der Waals surface area (Å²) in [6, 6.07) is 3.01. The van der Waals surface area contributed by atoms with Crippen molar-refractivity contribution in [2.45, 2.75) is 12.6 Å². The number of benzene rings is 1. The Morgan fingerprint density at radius 3 is 2.47 bits per heavy atom. The molecule has 92 valence electrons. The molecule has 0 radical (unpaired) electrons. The van der Waals surface area contributed by atoms with Gasteiger partial charge in [-0.15, -0.1) is 11.6 Å². The van der Waals surface area contributed by atoms with Gasteiger partial charge in [0.2, 0.25) is 0 Å². The van der Waals surface area contributed by atoms with E-state index in [0.717, 1.165) is 18.2 Å². The van der Waals surface area contributed by atoms with Gasteiger partial charge in [-0.05, 0) is 24.1 Å². The number of alkyl halides is 4. The lowest BCUT2D eigenvalue weighted by Crippen LogP contribution is -2.05. The van der Waals surface area contributed by atoms with Gasteiger partial charge >= 0.3 is 6.18 Å². The van der Waals surface area contributed by atoms with Gasteiger partial charge in [-0.2, -0.15) is 13.2 Å². The van der Waals surface area contributed by atoms with Crippen molar-refractivity contribution in [3.05, 3.63) is 41.0 Å². The maximum atomic E-state index is 12.5. The minimum atomic E-state index is -4.41. The average Bonchev–Trinajstić information content (AvgIpc) is 2.28. The fourth-order valence-corrected chi connectivity index (χ4v) is 1.40. The molecule has 1 aromatic carbocycles. The van der Waals surface area contributed by atoms with Crippen molar-refractivity contribution in [2.75, 3.05) is 5.88 Å². The number of hydrogen-bond acceptors (Lipinski definition) is 1. The Bertz CT molecular complexity index is 424. The molecule has 0 fully saturated rings. The molecule has 0 aromatic heterocycles. The number of rotatable bonds is 4. The van der Waals surface area contributed by atoms with Crippen LogP contribution in [-0.4, -0.2) is 12.2 Å². The Hall–Kier alpha value is -1.29. The van der Waals surface area contributed by atoms with Crippen molar-refractivity contribution < 1.29 is 18.0 Å². The first-order valence-electron chi connectivity index (χ1n) is 4.88. The van der Waals surface area contributed by atoms with E-state index in [9.17, 15) is 18.0 Å². The van der Waals surface area contributed by atoms with Gasteiger partial charge in [0, 0.05) is 11.4 Å². The fourth-order valence-electron chi connectivity index (χ4n) is 1.28. The molecule has 0 aliphatic carbocycles. The number of hydrogen-bond donors (Lipinski definition) is 0. The molecule has 0 aliphatic rings. The molecule has 0 aliphatic heterocycles. The molecule has 0 saturated heterocycles. The minimum absolute atomic E-state index is 0.226. The van der Waals surface area contributed by atoms with Crippen LogP contribution in [0.4, 0.5) is 13.2 Å². The third-order valence-corrected chi connectivity index (χ3v) is 2.33. The van der Waals surface area contributed by atoms with Crippen LogP contribution in [0.2, 0.25) is 0 Å². The Morgan fingerprint density at radius 2 is 1.94 bits per heavy atom.